The Labute approximate surface area is 125 Å². The predicted molar refractivity (Wildman–Crippen MR) is 82.5 cm³/mol. The average molecular weight is 317 g/mol. The molecule has 2 heterocycles. The summed E-state index contributed by atoms with van der Waals surface area (Å²) in [6.07, 6.45) is 2.25. The second kappa shape index (κ2) is 7.00. The van der Waals surface area contributed by atoms with Crippen LogP contribution >= 0.6 is 11.3 Å². The van der Waals surface area contributed by atoms with Crippen molar-refractivity contribution in [2.75, 3.05) is 33.7 Å². The second-order valence-corrected chi connectivity index (χ2v) is 8.33. The molecule has 1 unspecified atom stereocenters. The lowest BCUT2D eigenvalue weighted by Crippen LogP contribution is -2.38. The first-order chi connectivity index (χ1) is 9.51. The smallest absolute Gasteiger partial charge is 0.250 e. The van der Waals surface area contributed by atoms with Gasteiger partial charge in [-0.1, -0.05) is 0 Å². The Morgan fingerprint density at radius 1 is 1.50 bits per heavy atom. The summed E-state index contributed by atoms with van der Waals surface area (Å²) < 4.78 is 27.6. The topological polar surface area (TPSA) is 61.4 Å². The highest BCUT2D eigenvalue weighted by molar-refractivity contribution is 7.91. The Balaban J connectivity index is 1.92. The summed E-state index contributed by atoms with van der Waals surface area (Å²) >= 11 is 1.28. The lowest BCUT2D eigenvalue weighted by molar-refractivity contribution is 0.211. The zero-order chi connectivity index (χ0) is 14.6. The predicted octanol–water partition coefficient (Wildman–Crippen LogP) is 1.09. The van der Waals surface area contributed by atoms with Crippen LogP contribution in [0.5, 0.6) is 0 Å². The van der Waals surface area contributed by atoms with Crippen molar-refractivity contribution in [1.29, 1.82) is 0 Å². The lowest BCUT2D eigenvalue weighted by Gasteiger charge is -2.29. The van der Waals surface area contributed by atoms with Gasteiger partial charge >= 0.3 is 0 Å². The van der Waals surface area contributed by atoms with Gasteiger partial charge in [0, 0.05) is 19.6 Å². The van der Waals surface area contributed by atoms with Crippen LogP contribution in [0.2, 0.25) is 0 Å². The highest BCUT2D eigenvalue weighted by Crippen LogP contribution is 2.21. The molecule has 20 heavy (non-hydrogen) atoms. The zero-order valence-electron chi connectivity index (χ0n) is 12.1. The van der Waals surface area contributed by atoms with E-state index in [0.29, 0.717) is 23.2 Å². The molecule has 1 atom stereocenters. The fourth-order valence-electron chi connectivity index (χ4n) is 2.53. The molecule has 0 spiro atoms. The number of thiophene rings is 1. The third kappa shape index (κ3) is 4.26. The number of likely N-dealkylation sites (tertiary alicyclic amines) is 1. The second-order valence-electron chi connectivity index (χ2n) is 5.43. The number of hydrogen-bond acceptors (Lipinski definition) is 5. The van der Waals surface area contributed by atoms with E-state index in [1.165, 1.54) is 11.3 Å². The maximum absolute atomic E-state index is 12.2. The van der Waals surface area contributed by atoms with E-state index in [9.17, 15) is 8.42 Å². The zero-order valence-corrected chi connectivity index (χ0v) is 13.7. The molecule has 0 bridgehead atoms. The van der Waals surface area contributed by atoms with Crippen molar-refractivity contribution in [2.24, 2.45) is 5.92 Å². The fourth-order valence-corrected chi connectivity index (χ4v) is 4.90. The van der Waals surface area contributed by atoms with Gasteiger partial charge in [-0.3, -0.25) is 0 Å². The largest absolute Gasteiger partial charge is 0.316 e. The highest BCUT2D eigenvalue weighted by atomic mass is 32.2. The average Bonchev–Trinajstić information content (AvgIpc) is 2.87. The van der Waals surface area contributed by atoms with Crippen molar-refractivity contribution in [3.8, 4) is 0 Å². The summed E-state index contributed by atoms with van der Waals surface area (Å²) in [4.78, 5) is 2.26. The molecule has 0 aliphatic carbocycles. The van der Waals surface area contributed by atoms with Crippen LogP contribution < -0.4 is 10.0 Å². The number of hydrogen-bond donors (Lipinski definition) is 2. The maximum atomic E-state index is 12.2. The number of rotatable bonds is 6. The molecule has 5 nitrogen and oxygen atoms in total. The molecule has 2 N–H and O–H groups in total. The summed E-state index contributed by atoms with van der Waals surface area (Å²) in [5.41, 5.74) is 1.01. The van der Waals surface area contributed by atoms with Gasteiger partial charge in [-0.05, 0) is 56.4 Å². The van der Waals surface area contributed by atoms with Gasteiger partial charge in [0.05, 0.1) is 0 Å². The summed E-state index contributed by atoms with van der Waals surface area (Å²) in [7, 11) is 0.586. The van der Waals surface area contributed by atoms with Crippen molar-refractivity contribution >= 4 is 21.4 Å². The van der Waals surface area contributed by atoms with Gasteiger partial charge in [-0.2, -0.15) is 0 Å². The van der Waals surface area contributed by atoms with E-state index in [1.807, 2.05) is 12.4 Å². The molecular weight excluding hydrogens is 294 g/mol. The van der Waals surface area contributed by atoms with E-state index in [0.717, 1.165) is 31.5 Å². The van der Waals surface area contributed by atoms with Gasteiger partial charge in [0.1, 0.15) is 4.21 Å². The van der Waals surface area contributed by atoms with E-state index in [2.05, 4.69) is 22.0 Å². The van der Waals surface area contributed by atoms with E-state index in [4.69, 9.17) is 0 Å². The first-order valence-corrected chi connectivity index (χ1v) is 9.28. The van der Waals surface area contributed by atoms with Crippen LogP contribution in [0.4, 0.5) is 0 Å². The summed E-state index contributed by atoms with van der Waals surface area (Å²) in [6, 6.07) is 1.75. The SMILES string of the molecule is CNCc1csc(S(=O)(=O)NCC2CCCN(C)C2)c1. The Kier molecular flexibility index (Phi) is 5.57. The molecule has 1 aromatic rings. The third-order valence-corrected chi connectivity index (χ3v) is 6.47. The van der Waals surface area contributed by atoms with Gasteiger partial charge < -0.3 is 10.2 Å². The van der Waals surface area contributed by atoms with Crippen LogP contribution in [0.3, 0.4) is 0 Å². The molecule has 0 radical (unpaired) electrons. The number of nitrogens with one attached hydrogen (secondary N) is 2. The molecule has 1 fully saturated rings. The molecule has 0 amide bonds. The Morgan fingerprint density at radius 2 is 2.30 bits per heavy atom. The molecule has 1 aliphatic rings. The minimum atomic E-state index is -3.35. The molecule has 0 saturated carbocycles. The number of piperidine rings is 1. The molecule has 114 valence electrons. The minimum Gasteiger partial charge on any atom is -0.316 e. The first-order valence-electron chi connectivity index (χ1n) is 6.91. The lowest BCUT2D eigenvalue weighted by atomic mass is 9.99. The third-order valence-electron chi connectivity index (χ3n) is 3.56. The van der Waals surface area contributed by atoms with E-state index >= 15 is 0 Å². The van der Waals surface area contributed by atoms with Crippen LogP contribution in [-0.4, -0.2) is 47.0 Å². The molecule has 0 aromatic carbocycles. The van der Waals surface area contributed by atoms with Gasteiger partial charge in [0.2, 0.25) is 10.0 Å². The van der Waals surface area contributed by atoms with E-state index in [-0.39, 0.29) is 0 Å². The van der Waals surface area contributed by atoms with E-state index in [1.54, 1.807) is 6.07 Å². The molecule has 7 heteroatoms. The first kappa shape index (κ1) is 15.9. The summed E-state index contributed by atoms with van der Waals surface area (Å²) in [5, 5.41) is 4.91. The Bertz CT molecular complexity index is 527. The van der Waals surface area contributed by atoms with Crippen LogP contribution in [-0.2, 0) is 16.6 Å². The van der Waals surface area contributed by atoms with Crippen LogP contribution in [0.15, 0.2) is 15.7 Å². The Hall–Kier alpha value is -0.470. The van der Waals surface area contributed by atoms with Gasteiger partial charge in [-0.25, -0.2) is 13.1 Å². The quantitative estimate of drug-likeness (QED) is 0.824. The number of sulfonamides is 1. The fraction of sp³-hybridized carbons (Fsp3) is 0.692. The monoisotopic (exact) mass is 317 g/mol. The molecule has 1 aromatic heterocycles. The molecule has 1 saturated heterocycles. The summed E-state index contributed by atoms with van der Waals surface area (Å²) in [6.45, 7) is 3.31. The standard InChI is InChI=1S/C13H23N3O2S2/c1-14-7-12-6-13(19-10-12)20(17,18)15-8-11-4-3-5-16(2)9-11/h6,10-11,14-15H,3-5,7-9H2,1-2H3. The van der Waals surface area contributed by atoms with Crippen LogP contribution in [0, 0.1) is 5.92 Å². The molecular formula is C13H23N3O2S2. The van der Waals surface area contributed by atoms with Crippen molar-refractivity contribution in [3.63, 3.8) is 0 Å². The Morgan fingerprint density at radius 3 is 3.00 bits per heavy atom. The van der Waals surface area contributed by atoms with Gasteiger partial charge in [0.25, 0.3) is 0 Å². The van der Waals surface area contributed by atoms with Crippen molar-refractivity contribution in [1.82, 2.24) is 14.9 Å². The van der Waals surface area contributed by atoms with Gasteiger partial charge in [-0.15, -0.1) is 11.3 Å². The maximum Gasteiger partial charge on any atom is 0.250 e. The van der Waals surface area contributed by atoms with Crippen molar-refractivity contribution in [3.05, 3.63) is 17.0 Å². The molecule has 1 aliphatic heterocycles. The van der Waals surface area contributed by atoms with Crippen LogP contribution in [0.1, 0.15) is 18.4 Å². The van der Waals surface area contributed by atoms with Crippen LogP contribution in [0.25, 0.3) is 0 Å². The van der Waals surface area contributed by atoms with E-state index < -0.39 is 10.0 Å². The normalized spacial score (nSPS) is 21.2. The van der Waals surface area contributed by atoms with Crippen molar-refractivity contribution in [2.45, 2.75) is 23.6 Å². The number of nitrogens with zero attached hydrogens (tertiary/aromatic N) is 1. The summed E-state index contributed by atoms with van der Waals surface area (Å²) in [5.74, 6) is 0.417. The van der Waals surface area contributed by atoms with Gasteiger partial charge in [0.15, 0.2) is 0 Å². The van der Waals surface area contributed by atoms with Crippen molar-refractivity contribution < 1.29 is 8.42 Å². The highest BCUT2D eigenvalue weighted by Gasteiger charge is 2.21. The minimum absolute atomic E-state index is 0.409. The molecule has 2 rings (SSSR count).